The molecule has 3 amide bonds. The predicted octanol–water partition coefficient (Wildman–Crippen LogP) is 5.85. The maximum atomic E-state index is 13.9. The number of carbonyl (C=O) groups excluding carboxylic acids is 10. The number of hydrogen-bond donors (Lipinski definition) is 3. The molecule has 0 aromatic carbocycles. The minimum atomic E-state index is -1.30. The number of ether oxygens (including phenoxy) is 24. The van der Waals surface area contributed by atoms with E-state index in [1.807, 2.05) is 41.5 Å². The third-order valence-electron chi connectivity index (χ3n) is 20.7. The predicted molar refractivity (Wildman–Crippen MR) is 437 cm³/mol. The van der Waals surface area contributed by atoms with Gasteiger partial charge in [0.1, 0.15) is 31.1 Å². The number of amides is 3. The Bertz CT molecular complexity index is 2580. The first-order valence-corrected chi connectivity index (χ1v) is 43.7. The molecule has 0 aromatic rings. The fourth-order valence-corrected chi connectivity index (χ4v) is 13.2. The number of unbranched alkanes of at least 4 members (excludes halogenated alkanes) is 7. The molecule has 6 unspecified atom stereocenters. The molecule has 0 radical (unpaired) electrons. The van der Waals surface area contributed by atoms with Crippen LogP contribution >= 0.6 is 0 Å². The number of carbonyl (C=O) groups is 10. The second-order valence-electron chi connectivity index (χ2n) is 30.8. The molecule has 0 bridgehead atoms. The summed E-state index contributed by atoms with van der Waals surface area (Å²) in [5.41, 5.74) is -1.30. The molecule has 708 valence electrons. The van der Waals surface area contributed by atoms with Gasteiger partial charge in [0.25, 0.3) is 0 Å². The summed E-state index contributed by atoms with van der Waals surface area (Å²) in [5.74, 6) is -4.25. The first-order chi connectivity index (χ1) is 58.7. The lowest BCUT2D eigenvalue weighted by molar-refractivity contribution is -0.282. The Morgan fingerprint density at radius 2 is 0.582 bits per heavy atom. The van der Waals surface area contributed by atoms with Gasteiger partial charge in [-0.3, -0.25) is 47.9 Å². The van der Waals surface area contributed by atoms with E-state index in [0.717, 1.165) is 32.1 Å². The molecule has 0 saturated carbocycles. The molecule has 3 rings (SSSR count). The van der Waals surface area contributed by atoms with E-state index in [9.17, 15) is 47.9 Å². The van der Waals surface area contributed by atoms with Gasteiger partial charge in [0.2, 0.25) is 17.7 Å². The summed E-state index contributed by atoms with van der Waals surface area (Å²) >= 11 is 0. The second-order valence-corrected chi connectivity index (χ2v) is 30.8. The quantitative estimate of drug-likeness (QED) is 0.0365. The zero-order chi connectivity index (χ0) is 89.6. The third-order valence-corrected chi connectivity index (χ3v) is 20.7. The topological polar surface area (TPSA) is 428 Å². The van der Waals surface area contributed by atoms with Crippen molar-refractivity contribution in [2.75, 3.05) is 211 Å². The summed E-state index contributed by atoms with van der Waals surface area (Å²) in [6.07, 6.45) is 3.25. The number of ketones is 1. The highest BCUT2D eigenvalue weighted by Crippen LogP contribution is 2.37. The van der Waals surface area contributed by atoms with Crippen LogP contribution < -0.4 is 16.0 Å². The number of Topliss-reactive ketones (excluding diaryl/α,β-unsaturated/α-hetero) is 1. The molecule has 122 heavy (non-hydrogen) atoms. The molecule has 0 spiro atoms. The van der Waals surface area contributed by atoms with E-state index in [-0.39, 0.29) is 276 Å². The van der Waals surface area contributed by atoms with Crippen molar-refractivity contribution >= 4 is 59.3 Å². The van der Waals surface area contributed by atoms with Crippen molar-refractivity contribution in [1.29, 1.82) is 0 Å². The zero-order valence-corrected chi connectivity index (χ0v) is 75.1. The fraction of sp³-hybridized carbons (Fsp3) is 0.882. The zero-order valence-electron chi connectivity index (χ0n) is 75.1. The first kappa shape index (κ1) is 110. The van der Waals surface area contributed by atoms with Gasteiger partial charge in [-0.25, -0.2) is 0 Å². The van der Waals surface area contributed by atoms with Gasteiger partial charge in [-0.15, -0.1) is 0 Å². The van der Waals surface area contributed by atoms with Crippen LogP contribution in [0.2, 0.25) is 0 Å². The van der Waals surface area contributed by atoms with E-state index in [2.05, 4.69) is 22.9 Å². The van der Waals surface area contributed by atoms with Gasteiger partial charge < -0.3 is 130 Å². The van der Waals surface area contributed by atoms with E-state index in [1.54, 1.807) is 0 Å². The summed E-state index contributed by atoms with van der Waals surface area (Å²) in [6.45, 7) is 27.0. The van der Waals surface area contributed by atoms with Crippen molar-refractivity contribution in [3.05, 3.63) is 0 Å². The molecule has 3 aliphatic rings. The highest BCUT2D eigenvalue weighted by molar-refractivity contribution is 5.79. The monoisotopic (exact) mass is 1760 g/mol. The van der Waals surface area contributed by atoms with Crippen molar-refractivity contribution in [3.8, 4) is 0 Å². The van der Waals surface area contributed by atoms with Crippen molar-refractivity contribution in [3.63, 3.8) is 0 Å². The molecule has 37 heteroatoms. The second kappa shape index (κ2) is 68.4. The van der Waals surface area contributed by atoms with E-state index >= 15 is 0 Å². The number of hydrogen-bond acceptors (Lipinski definition) is 34. The lowest BCUT2D eigenvalue weighted by Gasteiger charge is -2.43. The van der Waals surface area contributed by atoms with Crippen LogP contribution in [0.4, 0.5) is 0 Å². The average molecular weight is 1760 g/mol. The molecule has 3 saturated heterocycles. The van der Waals surface area contributed by atoms with Crippen LogP contribution in [0, 0.1) is 35.5 Å². The van der Waals surface area contributed by atoms with Crippen LogP contribution in [0.5, 0.6) is 0 Å². The molecule has 15 atom stereocenters. The molecule has 0 aromatic heterocycles. The van der Waals surface area contributed by atoms with Crippen LogP contribution in [0.1, 0.15) is 180 Å². The Hall–Kier alpha value is -5.82. The third kappa shape index (κ3) is 51.7. The molecule has 3 N–H and O–H groups in total. The lowest BCUT2D eigenvalue weighted by atomic mass is 9.83. The van der Waals surface area contributed by atoms with Crippen molar-refractivity contribution < 1.29 is 162 Å². The van der Waals surface area contributed by atoms with E-state index < -0.39 is 96.8 Å². The SMILES string of the molecule is CCCCCCCCCCC(=O)NC(COCCC(=O)CCCOCCOCCOCCO[C@H]1OC(COC(C)=O)[C@@H](C)C(C)[C@H]1OC(C)=O)(COCCC(=O)NCCOCCOCCOCCO[C@H]1OC(COC(C)=O)[C@@H](C)C(C)[C@H]1OC(C)=O)COCCC(=O)NCCOCCOCCOCCO[C@H]1OC(COC(C)=O)[C@@H](C)C(C)[C@H]1OC(C)=O. The Balaban J connectivity index is 1.47. The number of nitrogens with one attached hydrogen (secondary N) is 3. The van der Waals surface area contributed by atoms with Crippen LogP contribution in [-0.2, 0) is 162 Å². The molecule has 0 aliphatic carbocycles. The maximum Gasteiger partial charge on any atom is 0.303 e. The molecule has 3 heterocycles. The van der Waals surface area contributed by atoms with Crippen molar-refractivity contribution in [1.82, 2.24) is 16.0 Å². The molecule has 37 nitrogen and oxygen atoms in total. The normalized spacial score (nSPS) is 23.2. The minimum absolute atomic E-state index is 0.0177. The summed E-state index contributed by atoms with van der Waals surface area (Å²) in [7, 11) is 0. The maximum absolute atomic E-state index is 13.9. The summed E-state index contributed by atoms with van der Waals surface area (Å²) in [6, 6.07) is 0. The van der Waals surface area contributed by atoms with Crippen LogP contribution in [0.15, 0.2) is 0 Å². The molecule has 3 fully saturated rings. The molecular weight excluding hydrogens is 1610 g/mol. The number of esters is 6. The fourth-order valence-electron chi connectivity index (χ4n) is 13.2. The Morgan fingerprint density at radius 3 is 0.902 bits per heavy atom. The van der Waals surface area contributed by atoms with Gasteiger partial charge in [-0.05, 0) is 30.6 Å². The smallest absolute Gasteiger partial charge is 0.303 e. The average Bonchev–Trinajstić information content (AvgIpc) is 0.820. The van der Waals surface area contributed by atoms with E-state index in [0.29, 0.717) is 39.3 Å². The number of rotatable bonds is 74. The van der Waals surface area contributed by atoms with E-state index in [1.165, 1.54) is 54.4 Å². The van der Waals surface area contributed by atoms with Crippen molar-refractivity contribution in [2.45, 2.75) is 241 Å². The minimum Gasteiger partial charge on any atom is -0.463 e. The Kier molecular flexibility index (Phi) is 61.9. The largest absolute Gasteiger partial charge is 0.463 e. The highest BCUT2D eigenvalue weighted by atomic mass is 16.7. The van der Waals surface area contributed by atoms with Gasteiger partial charge in [-0.2, -0.15) is 0 Å². The van der Waals surface area contributed by atoms with Gasteiger partial charge >= 0.3 is 35.8 Å². The van der Waals surface area contributed by atoms with Gasteiger partial charge in [0.05, 0.1) is 190 Å². The first-order valence-electron chi connectivity index (χ1n) is 43.7. The highest BCUT2D eigenvalue weighted by Gasteiger charge is 2.48. The van der Waals surface area contributed by atoms with Crippen LogP contribution in [0.3, 0.4) is 0 Å². The Morgan fingerprint density at radius 1 is 0.287 bits per heavy atom. The van der Waals surface area contributed by atoms with E-state index in [4.69, 9.17) is 114 Å². The summed E-state index contributed by atoms with van der Waals surface area (Å²) in [4.78, 5) is 123. The summed E-state index contributed by atoms with van der Waals surface area (Å²) in [5, 5.41) is 8.78. The lowest BCUT2D eigenvalue weighted by Crippen LogP contribution is -2.58. The Labute approximate surface area is 721 Å². The van der Waals surface area contributed by atoms with Crippen LogP contribution in [0.25, 0.3) is 0 Å². The summed E-state index contributed by atoms with van der Waals surface area (Å²) < 4.78 is 138. The van der Waals surface area contributed by atoms with Gasteiger partial charge in [-0.1, -0.05) is 93.4 Å². The molecule has 3 aliphatic heterocycles. The van der Waals surface area contributed by atoms with Crippen LogP contribution in [-0.4, -0.2) is 332 Å². The van der Waals surface area contributed by atoms with Gasteiger partial charge in [0.15, 0.2) is 37.2 Å². The van der Waals surface area contributed by atoms with Crippen molar-refractivity contribution in [2.24, 2.45) is 35.5 Å². The molecular formula is C85H149N3O34. The standard InChI is InChI=1S/C85H149N3O34/c1-14-15-16-17-18-19-20-21-24-78(98)88-85(57-108-31-25-72(95)23-22-30-99-36-39-102-42-45-105-48-51-111-82-79(117-69(11)92)63(5)60(2)73(120-82)54-114-66(8)89,58-109-32-26-76(96)86-28-34-100-37-40-103-43-46-106-49-52-112-83-80(118-70(12)93)64(6)61(3)74(121-83)55-115-67(9)90)59-110-33-27-77(97)87-29-35-101-38-41-104-44-47-107-50-53-113-84-81(119-71(13)94)65(7)62(4)75(122-84)56-116-68(10)91/h60-65,73-75,79-84H,14-59H2,1-13H3,(H,86,96)(H,87,97)(H,88,98)/t60-,61-,62-,63?,64?,65?,73?,74?,75?,79+,80+,81+,82-,83-,84-,85?/m0/s1. The van der Waals surface area contributed by atoms with Gasteiger partial charge in [0, 0.05) is 111 Å².